The van der Waals surface area contributed by atoms with E-state index in [0.29, 0.717) is 17.8 Å². The molecular weight excluding hydrogens is 222 g/mol. The summed E-state index contributed by atoms with van der Waals surface area (Å²) in [4.78, 5) is 13.2. The lowest BCUT2D eigenvalue weighted by Crippen LogP contribution is -2.25. The summed E-state index contributed by atoms with van der Waals surface area (Å²) in [6.07, 6.45) is 10.0. The zero-order chi connectivity index (χ0) is 13.2. The highest BCUT2D eigenvalue weighted by Crippen LogP contribution is 2.31. The fraction of sp³-hybridized carbons (Fsp3) is 0.800. The van der Waals surface area contributed by atoms with E-state index in [1.807, 2.05) is 0 Å². The summed E-state index contributed by atoms with van der Waals surface area (Å²) in [6, 6.07) is 0. The van der Waals surface area contributed by atoms with Gasteiger partial charge in [0.05, 0.1) is 0 Å². The van der Waals surface area contributed by atoms with Gasteiger partial charge in [-0.3, -0.25) is 15.0 Å². The van der Waals surface area contributed by atoms with Crippen molar-refractivity contribution in [3.8, 4) is 0 Å². The molecule has 18 heavy (non-hydrogen) atoms. The summed E-state index contributed by atoms with van der Waals surface area (Å²) in [5.74, 6) is 1.79. The summed E-state index contributed by atoms with van der Waals surface area (Å²) in [5, 5.41) is 0. The Morgan fingerprint density at radius 3 is 1.17 bits per heavy atom. The Balaban J connectivity index is 2.62. The largest absolute Gasteiger partial charge is 0.298 e. The summed E-state index contributed by atoms with van der Waals surface area (Å²) in [6.45, 7) is 8.93. The van der Waals surface area contributed by atoms with Crippen molar-refractivity contribution in [1.29, 1.82) is 0 Å². The van der Waals surface area contributed by atoms with E-state index in [0.717, 1.165) is 19.6 Å². The minimum Gasteiger partial charge on any atom is -0.298 e. The predicted octanol–water partition coefficient (Wildman–Crippen LogP) is 3.29. The molecule has 0 aromatic heterocycles. The Hall–Kier alpha value is -0.990. The van der Waals surface area contributed by atoms with E-state index >= 15 is 0 Å². The molecule has 1 aliphatic rings. The van der Waals surface area contributed by atoms with Crippen molar-refractivity contribution in [2.75, 3.05) is 19.6 Å². The quantitative estimate of drug-likeness (QED) is 0.648. The molecule has 1 aliphatic carbocycles. The van der Waals surface area contributed by atoms with E-state index in [2.05, 4.69) is 54.4 Å². The van der Waals surface area contributed by atoms with Gasteiger partial charge in [0.2, 0.25) is 0 Å². The summed E-state index contributed by atoms with van der Waals surface area (Å²) < 4.78 is 0. The lowest BCUT2D eigenvalue weighted by atomic mass is 9.76. The Labute approximate surface area is 112 Å². The van der Waals surface area contributed by atoms with Crippen LogP contribution >= 0.6 is 0 Å². The first-order valence-corrected chi connectivity index (χ1v) is 7.29. The molecule has 1 saturated carbocycles. The van der Waals surface area contributed by atoms with Crippen molar-refractivity contribution in [3.63, 3.8) is 0 Å². The standard InChI is InChI=1S/C15H27N3/c1-4-16-10-13-7-14(11-17-5-2)9-15(8-13)12-18-6-3/h10-15H,4-9H2,1-3H3/b16-10-,17-11-,18-12-. The zero-order valence-corrected chi connectivity index (χ0v) is 12.0. The lowest BCUT2D eigenvalue weighted by molar-refractivity contribution is 0.348. The van der Waals surface area contributed by atoms with Crippen LogP contribution in [0.5, 0.6) is 0 Å². The molecule has 0 aromatic rings. The molecule has 102 valence electrons. The third kappa shape index (κ3) is 5.56. The normalized spacial score (nSPS) is 29.8. The first-order chi connectivity index (χ1) is 8.80. The maximum absolute atomic E-state index is 4.41. The summed E-state index contributed by atoms with van der Waals surface area (Å²) >= 11 is 0. The minimum absolute atomic E-state index is 0.598. The molecule has 0 unspecified atom stereocenters. The second-order valence-electron chi connectivity index (χ2n) is 4.93. The third-order valence-corrected chi connectivity index (χ3v) is 3.31. The average Bonchev–Trinajstić information content (AvgIpc) is 2.40. The van der Waals surface area contributed by atoms with Crippen molar-refractivity contribution in [3.05, 3.63) is 0 Å². The van der Waals surface area contributed by atoms with Crippen molar-refractivity contribution < 1.29 is 0 Å². The molecule has 0 bridgehead atoms. The van der Waals surface area contributed by atoms with E-state index in [1.165, 1.54) is 19.3 Å². The van der Waals surface area contributed by atoms with Crippen LogP contribution in [0.1, 0.15) is 40.0 Å². The van der Waals surface area contributed by atoms with Gasteiger partial charge in [0.1, 0.15) is 0 Å². The predicted molar refractivity (Wildman–Crippen MR) is 81.4 cm³/mol. The van der Waals surface area contributed by atoms with Crippen LogP contribution in [0.3, 0.4) is 0 Å². The number of hydrogen-bond donors (Lipinski definition) is 0. The molecule has 0 spiro atoms. The highest BCUT2D eigenvalue weighted by atomic mass is 14.7. The van der Waals surface area contributed by atoms with Crippen molar-refractivity contribution >= 4 is 18.6 Å². The Morgan fingerprint density at radius 2 is 0.944 bits per heavy atom. The lowest BCUT2D eigenvalue weighted by Gasteiger charge is -2.29. The number of rotatable bonds is 6. The molecule has 0 aliphatic heterocycles. The van der Waals surface area contributed by atoms with E-state index < -0.39 is 0 Å². The van der Waals surface area contributed by atoms with E-state index in [9.17, 15) is 0 Å². The topological polar surface area (TPSA) is 37.1 Å². The molecule has 0 N–H and O–H groups in total. The van der Waals surface area contributed by atoms with Gasteiger partial charge in [-0.2, -0.15) is 0 Å². The fourth-order valence-corrected chi connectivity index (χ4v) is 2.58. The summed E-state index contributed by atoms with van der Waals surface area (Å²) in [5.41, 5.74) is 0. The van der Waals surface area contributed by atoms with Crippen LogP contribution in [0.25, 0.3) is 0 Å². The van der Waals surface area contributed by atoms with Gasteiger partial charge in [0.15, 0.2) is 0 Å². The van der Waals surface area contributed by atoms with Crippen molar-refractivity contribution in [2.45, 2.75) is 40.0 Å². The molecule has 0 atom stereocenters. The molecule has 3 heteroatoms. The third-order valence-electron chi connectivity index (χ3n) is 3.31. The Bertz CT molecular complexity index is 241. The Morgan fingerprint density at radius 1 is 0.667 bits per heavy atom. The Kier molecular flexibility index (Phi) is 7.54. The molecule has 0 radical (unpaired) electrons. The molecule has 3 nitrogen and oxygen atoms in total. The van der Waals surface area contributed by atoms with Crippen LogP contribution in [0, 0.1) is 17.8 Å². The van der Waals surface area contributed by atoms with Gasteiger partial charge in [-0.1, -0.05) is 0 Å². The molecular formula is C15H27N3. The zero-order valence-electron chi connectivity index (χ0n) is 12.0. The van der Waals surface area contributed by atoms with Gasteiger partial charge in [-0.25, -0.2) is 0 Å². The molecule has 1 fully saturated rings. The minimum atomic E-state index is 0.598. The van der Waals surface area contributed by atoms with Crippen molar-refractivity contribution in [2.24, 2.45) is 32.7 Å². The van der Waals surface area contributed by atoms with E-state index in [4.69, 9.17) is 0 Å². The monoisotopic (exact) mass is 249 g/mol. The van der Waals surface area contributed by atoms with E-state index in [-0.39, 0.29) is 0 Å². The van der Waals surface area contributed by atoms with Gasteiger partial charge in [0, 0.05) is 38.3 Å². The first-order valence-electron chi connectivity index (χ1n) is 7.29. The number of nitrogens with zero attached hydrogens (tertiary/aromatic N) is 3. The van der Waals surface area contributed by atoms with Gasteiger partial charge < -0.3 is 0 Å². The molecule has 0 heterocycles. The molecule has 0 saturated heterocycles. The fourth-order valence-electron chi connectivity index (χ4n) is 2.58. The average molecular weight is 249 g/mol. The van der Waals surface area contributed by atoms with Gasteiger partial charge in [-0.05, 0) is 57.8 Å². The maximum atomic E-state index is 4.41. The SMILES string of the molecule is CC/N=C\C1CC(/C=N\CC)CC(/C=N\CC)C1. The van der Waals surface area contributed by atoms with Crippen LogP contribution in [0.15, 0.2) is 15.0 Å². The summed E-state index contributed by atoms with van der Waals surface area (Å²) in [7, 11) is 0. The van der Waals surface area contributed by atoms with Gasteiger partial charge in [0.25, 0.3) is 0 Å². The second kappa shape index (κ2) is 9.01. The maximum Gasteiger partial charge on any atom is 0.0357 e. The van der Waals surface area contributed by atoms with E-state index in [1.54, 1.807) is 0 Å². The molecule has 1 rings (SSSR count). The van der Waals surface area contributed by atoms with Crippen molar-refractivity contribution in [1.82, 2.24) is 0 Å². The molecule has 0 amide bonds. The van der Waals surface area contributed by atoms with Crippen LogP contribution in [-0.2, 0) is 0 Å². The number of aliphatic imine (C=N–C) groups is 3. The number of hydrogen-bond acceptors (Lipinski definition) is 3. The van der Waals surface area contributed by atoms with Crippen LogP contribution in [-0.4, -0.2) is 38.3 Å². The van der Waals surface area contributed by atoms with Gasteiger partial charge in [-0.15, -0.1) is 0 Å². The first kappa shape index (κ1) is 15.1. The highest BCUT2D eigenvalue weighted by Gasteiger charge is 2.25. The highest BCUT2D eigenvalue weighted by molar-refractivity contribution is 5.69. The van der Waals surface area contributed by atoms with Crippen LogP contribution in [0.4, 0.5) is 0 Å². The molecule has 0 aromatic carbocycles. The van der Waals surface area contributed by atoms with Crippen LogP contribution < -0.4 is 0 Å². The van der Waals surface area contributed by atoms with Gasteiger partial charge >= 0.3 is 0 Å². The van der Waals surface area contributed by atoms with Crippen LogP contribution in [0.2, 0.25) is 0 Å². The second-order valence-corrected chi connectivity index (χ2v) is 4.93. The smallest absolute Gasteiger partial charge is 0.0357 e.